The minimum atomic E-state index is -0.950. The van der Waals surface area contributed by atoms with E-state index in [1.165, 1.54) is 14.2 Å². The molecule has 1 aromatic carbocycles. The van der Waals surface area contributed by atoms with Gasteiger partial charge in [-0.05, 0) is 23.5 Å². The molecular weight excluding hydrogens is 426 g/mol. The molecule has 2 rings (SSSR count). The van der Waals surface area contributed by atoms with Gasteiger partial charge < -0.3 is 24.8 Å². The molecule has 178 valence electrons. The van der Waals surface area contributed by atoms with Gasteiger partial charge in [-0.2, -0.15) is 0 Å². The maximum atomic E-state index is 13.0. The average Bonchev–Trinajstić information content (AvgIpc) is 2.82. The van der Waals surface area contributed by atoms with Crippen molar-refractivity contribution in [2.75, 3.05) is 14.2 Å². The van der Waals surface area contributed by atoms with Crippen molar-refractivity contribution in [1.82, 2.24) is 15.6 Å². The van der Waals surface area contributed by atoms with E-state index in [9.17, 15) is 14.4 Å². The molecule has 0 aliphatic rings. The molecule has 0 bridgehead atoms. The number of carbonyl (C=O) groups excluding carboxylic acids is 3. The summed E-state index contributed by atoms with van der Waals surface area (Å²) in [6.45, 7) is 3.94. The number of amides is 2. The van der Waals surface area contributed by atoms with Gasteiger partial charge >= 0.3 is 12.1 Å². The highest BCUT2D eigenvalue weighted by Crippen LogP contribution is 2.11. The highest BCUT2D eigenvalue weighted by molar-refractivity contribution is 5.89. The average molecular weight is 458 g/mol. The Hall–Kier alpha value is -3.62. The zero-order valence-corrected chi connectivity index (χ0v) is 19.4. The molecule has 0 fully saturated rings. The van der Waals surface area contributed by atoms with Crippen LogP contribution in [0.25, 0.3) is 0 Å². The van der Waals surface area contributed by atoms with Crippen molar-refractivity contribution < 1.29 is 28.6 Å². The van der Waals surface area contributed by atoms with Gasteiger partial charge in [0.15, 0.2) is 0 Å². The van der Waals surface area contributed by atoms with Gasteiger partial charge in [0, 0.05) is 18.7 Å². The lowest BCUT2D eigenvalue weighted by Crippen LogP contribution is -2.53. The van der Waals surface area contributed by atoms with Gasteiger partial charge in [0.05, 0.1) is 14.2 Å². The van der Waals surface area contributed by atoms with Crippen LogP contribution in [-0.2, 0) is 32.1 Å². The van der Waals surface area contributed by atoms with Crippen molar-refractivity contribution in [2.45, 2.75) is 45.4 Å². The molecule has 0 saturated carbocycles. The molecule has 0 radical (unpaired) electrons. The lowest BCUT2D eigenvalue weighted by molar-refractivity contribution is -0.145. The summed E-state index contributed by atoms with van der Waals surface area (Å²) in [5, 5.41) is 5.29. The quantitative estimate of drug-likeness (QED) is 0.498. The van der Waals surface area contributed by atoms with Crippen LogP contribution in [0, 0.1) is 5.92 Å². The Balaban J connectivity index is 2.03. The van der Waals surface area contributed by atoms with Crippen LogP contribution in [0.1, 0.15) is 31.4 Å². The summed E-state index contributed by atoms with van der Waals surface area (Å²) in [6.07, 6.45) is 1.38. The zero-order valence-electron chi connectivity index (χ0n) is 19.4. The molecule has 0 aliphatic heterocycles. The second-order valence-electron chi connectivity index (χ2n) is 7.89. The first-order valence-corrected chi connectivity index (χ1v) is 10.7. The van der Waals surface area contributed by atoms with Crippen LogP contribution in [0.15, 0.2) is 48.7 Å². The van der Waals surface area contributed by atoms with Crippen LogP contribution in [0.5, 0.6) is 5.88 Å². The molecule has 1 aromatic heterocycles. The third kappa shape index (κ3) is 8.80. The van der Waals surface area contributed by atoms with Gasteiger partial charge in [0.2, 0.25) is 11.8 Å². The molecule has 0 unspecified atom stereocenters. The summed E-state index contributed by atoms with van der Waals surface area (Å²) < 4.78 is 15.1. The maximum Gasteiger partial charge on any atom is 0.408 e. The third-order valence-electron chi connectivity index (χ3n) is 4.78. The van der Waals surface area contributed by atoms with Crippen LogP contribution in [0.4, 0.5) is 4.79 Å². The number of esters is 1. The number of ether oxygens (including phenoxy) is 3. The number of hydrogen-bond acceptors (Lipinski definition) is 7. The minimum absolute atomic E-state index is 0.0813. The van der Waals surface area contributed by atoms with Crippen LogP contribution in [-0.4, -0.2) is 49.3 Å². The third-order valence-corrected chi connectivity index (χ3v) is 4.78. The molecule has 9 nitrogen and oxygen atoms in total. The molecule has 0 aliphatic carbocycles. The molecule has 1 heterocycles. The number of benzene rings is 1. The summed E-state index contributed by atoms with van der Waals surface area (Å²) in [5.41, 5.74) is 1.54. The van der Waals surface area contributed by atoms with Gasteiger partial charge in [-0.15, -0.1) is 0 Å². The van der Waals surface area contributed by atoms with E-state index in [0.717, 1.165) is 5.56 Å². The monoisotopic (exact) mass is 457 g/mol. The summed E-state index contributed by atoms with van der Waals surface area (Å²) >= 11 is 0. The summed E-state index contributed by atoms with van der Waals surface area (Å²) in [4.78, 5) is 41.7. The van der Waals surface area contributed by atoms with E-state index in [0.29, 0.717) is 17.9 Å². The van der Waals surface area contributed by atoms with E-state index in [-0.39, 0.29) is 18.9 Å². The molecular formula is C24H31N3O6. The van der Waals surface area contributed by atoms with Crippen LogP contribution < -0.4 is 15.4 Å². The van der Waals surface area contributed by atoms with Crippen molar-refractivity contribution in [3.63, 3.8) is 0 Å². The molecule has 2 aromatic rings. The summed E-state index contributed by atoms with van der Waals surface area (Å²) in [5.74, 6) is -0.559. The van der Waals surface area contributed by atoms with E-state index in [2.05, 4.69) is 15.6 Å². The van der Waals surface area contributed by atoms with Crippen molar-refractivity contribution in [3.8, 4) is 5.88 Å². The van der Waals surface area contributed by atoms with Gasteiger partial charge in [0.1, 0.15) is 18.7 Å². The maximum absolute atomic E-state index is 13.0. The first-order chi connectivity index (χ1) is 15.8. The molecule has 9 heteroatoms. The van der Waals surface area contributed by atoms with Crippen molar-refractivity contribution in [2.24, 2.45) is 5.92 Å². The Bertz CT molecular complexity index is 902. The molecule has 33 heavy (non-hydrogen) atoms. The Morgan fingerprint density at radius 2 is 1.67 bits per heavy atom. The van der Waals surface area contributed by atoms with Crippen LogP contribution in [0.2, 0.25) is 0 Å². The van der Waals surface area contributed by atoms with E-state index < -0.39 is 30.1 Å². The standard InChI is InChI=1S/C24H31N3O6/c1-16(2)12-19(27-24(30)33-15-17-8-6-5-7-9-17)22(28)26-20(23(29)32-4)13-18-10-11-21(31-3)25-14-18/h5-11,14,16,19-20H,12-13,15H2,1-4H3,(H,26,28)(H,27,30)/t19-,20+/m0/s1. The predicted octanol–water partition coefficient (Wildman–Crippen LogP) is 2.63. The number of nitrogens with one attached hydrogen (secondary N) is 2. The Kier molecular flexibility index (Phi) is 10.1. The van der Waals surface area contributed by atoms with E-state index in [1.54, 1.807) is 18.3 Å². The normalized spacial score (nSPS) is 12.4. The zero-order chi connectivity index (χ0) is 24.2. The van der Waals surface area contributed by atoms with E-state index in [1.807, 2.05) is 44.2 Å². The Morgan fingerprint density at radius 1 is 0.939 bits per heavy atom. The predicted molar refractivity (Wildman–Crippen MR) is 121 cm³/mol. The lowest BCUT2D eigenvalue weighted by atomic mass is 10.0. The van der Waals surface area contributed by atoms with E-state index >= 15 is 0 Å². The van der Waals surface area contributed by atoms with E-state index in [4.69, 9.17) is 14.2 Å². The fourth-order valence-electron chi connectivity index (χ4n) is 3.11. The number of pyridine rings is 1. The van der Waals surface area contributed by atoms with Crippen LogP contribution in [0.3, 0.4) is 0 Å². The lowest BCUT2D eigenvalue weighted by Gasteiger charge is -2.23. The largest absolute Gasteiger partial charge is 0.481 e. The number of aromatic nitrogens is 1. The Morgan fingerprint density at radius 3 is 2.24 bits per heavy atom. The minimum Gasteiger partial charge on any atom is -0.481 e. The number of hydrogen-bond donors (Lipinski definition) is 2. The number of alkyl carbamates (subject to hydrolysis) is 1. The van der Waals surface area contributed by atoms with Gasteiger partial charge in [-0.1, -0.05) is 50.2 Å². The first-order valence-electron chi connectivity index (χ1n) is 10.7. The molecule has 2 atom stereocenters. The molecule has 2 amide bonds. The Labute approximate surface area is 193 Å². The second-order valence-corrected chi connectivity index (χ2v) is 7.89. The van der Waals surface area contributed by atoms with Gasteiger partial charge in [0.25, 0.3) is 0 Å². The molecule has 0 saturated heterocycles. The first kappa shape index (κ1) is 25.6. The summed E-state index contributed by atoms with van der Waals surface area (Å²) in [6, 6.07) is 10.8. The van der Waals surface area contributed by atoms with Crippen molar-refractivity contribution in [1.29, 1.82) is 0 Å². The molecule has 0 spiro atoms. The number of methoxy groups -OCH3 is 2. The van der Waals surface area contributed by atoms with Crippen molar-refractivity contribution in [3.05, 3.63) is 59.8 Å². The molecule has 2 N–H and O–H groups in total. The summed E-state index contributed by atoms with van der Waals surface area (Å²) in [7, 11) is 2.75. The SMILES string of the molecule is COC(=O)[C@@H](Cc1ccc(OC)nc1)NC(=O)[C@H](CC(C)C)NC(=O)OCc1ccccc1. The van der Waals surface area contributed by atoms with Gasteiger partial charge in [-0.25, -0.2) is 14.6 Å². The number of nitrogens with zero attached hydrogens (tertiary/aromatic N) is 1. The van der Waals surface area contributed by atoms with Crippen LogP contribution >= 0.6 is 0 Å². The fourth-order valence-corrected chi connectivity index (χ4v) is 3.11. The van der Waals surface area contributed by atoms with Crippen molar-refractivity contribution >= 4 is 18.0 Å². The van der Waals surface area contributed by atoms with Gasteiger partial charge in [-0.3, -0.25) is 4.79 Å². The number of rotatable bonds is 11. The second kappa shape index (κ2) is 13.0. The highest BCUT2D eigenvalue weighted by Gasteiger charge is 2.28. The number of carbonyl (C=O) groups is 3. The topological polar surface area (TPSA) is 116 Å². The highest BCUT2D eigenvalue weighted by atomic mass is 16.5. The smallest absolute Gasteiger partial charge is 0.408 e. The fraction of sp³-hybridized carbons (Fsp3) is 0.417.